The van der Waals surface area contributed by atoms with Gasteiger partial charge in [-0.25, -0.2) is 9.07 Å². The van der Waals surface area contributed by atoms with Gasteiger partial charge in [0.15, 0.2) is 0 Å². The van der Waals surface area contributed by atoms with E-state index in [-0.39, 0.29) is 5.02 Å². The molecule has 1 aromatic carbocycles. The van der Waals surface area contributed by atoms with Crippen molar-refractivity contribution in [3.63, 3.8) is 0 Å². The highest BCUT2D eigenvalue weighted by Gasteiger charge is 2.09. The van der Waals surface area contributed by atoms with Crippen molar-refractivity contribution in [1.82, 2.24) is 9.78 Å². The first-order valence-electron chi connectivity index (χ1n) is 5.82. The van der Waals surface area contributed by atoms with Gasteiger partial charge in [0.25, 0.3) is 0 Å². The summed E-state index contributed by atoms with van der Waals surface area (Å²) in [6.07, 6.45) is 3.61. The number of nitrogens with two attached hydrogens (primary N) is 1. The van der Waals surface area contributed by atoms with Crippen LogP contribution in [-0.4, -0.2) is 16.3 Å². The Bertz CT molecular complexity index is 551. The van der Waals surface area contributed by atoms with Crippen molar-refractivity contribution < 1.29 is 4.39 Å². The van der Waals surface area contributed by atoms with Gasteiger partial charge in [-0.1, -0.05) is 11.6 Å². The first-order chi connectivity index (χ1) is 8.63. The van der Waals surface area contributed by atoms with Crippen molar-refractivity contribution in [2.75, 3.05) is 6.54 Å². The van der Waals surface area contributed by atoms with E-state index in [9.17, 15) is 4.39 Å². The van der Waals surface area contributed by atoms with Crippen molar-refractivity contribution in [3.8, 4) is 5.69 Å². The second-order valence-corrected chi connectivity index (χ2v) is 4.56. The number of aryl methyl sites for hydroxylation is 1. The summed E-state index contributed by atoms with van der Waals surface area (Å²) in [5.41, 5.74) is 8.30. The maximum absolute atomic E-state index is 13.4. The Kier molecular flexibility index (Phi) is 3.99. The van der Waals surface area contributed by atoms with Crippen LogP contribution in [-0.2, 0) is 6.42 Å². The fourth-order valence-electron chi connectivity index (χ4n) is 1.86. The Morgan fingerprint density at radius 2 is 2.22 bits per heavy atom. The first-order valence-corrected chi connectivity index (χ1v) is 6.20. The highest BCUT2D eigenvalue weighted by atomic mass is 35.5. The largest absolute Gasteiger partial charge is 0.330 e. The zero-order valence-corrected chi connectivity index (χ0v) is 10.9. The van der Waals surface area contributed by atoms with Gasteiger partial charge in [-0.2, -0.15) is 5.10 Å². The number of hydrogen-bond acceptors (Lipinski definition) is 2. The molecule has 0 aliphatic heterocycles. The van der Waals surface area contributed by atoms with Gasteiger partial charge in [0.1, 0.15) is 5.82 Å². The maximum atomic E-state index is 13.4. The number of halogens is 2. The van der Waals surface area contributed by atoms with Gasteiger partial charge in [0.2, 0.25) is 0 Å². The molecule has 18 heavy (non-hydrogen) atoms. The lowest BCUT2D eigenvalue weighted by Crippen LogP contribution is -2.02. The Labute approximate surface area is 110 Å². The summed E-state index contributed by atoms with van der Waals surface area (Å²) in [7, 11) is 0. The van der Waals surface area contributed by atoms with E-state index >= 15 is 0 Å². The van der Waals surface area contributed by atoms with Gasteiger partial charge in [-0.15, -0.1) is 0 Å². The number of aromatic nitrogens is 2. The topological polar surface area (TPSA) is 43.8 Å². The molecule has 0 amide bonds. The van der Waals surface area contributed by atoms with Crippen LogP contribution in [0.2, 0.25) is 5.02 Å². The zero-order chi connectivity index (χ0) is 13.1. The van der Waals surface area contributed by atoms with Crippen LogP contribution in [0.1, 0.15) is 17.7 Å². The van der Waals surface area contributed by atoms with E-state index in [2.05, 4.69) is 5.10 Å². The Balaban J connectivity index is 2.33. The van der Waals surface area contributed by atoms with E-state index in [1.165, 1.54) is 12.1 Å². The quantitative estimate of drug-likeness (QED) is 0.926. The summed E-state index contributed by atoms with van der Waals surface area (Å²) < 4.78 is 15.1. The molecule has 0 saturated carbocycles. The molecule has 0 fully saturated rings. The highest BCUT2D eigenvalue weighted by molar-refractivity contribution is 6.30. The number of benzene rings is 1. The lowest BCUT2D eigenvalue weighted by molar-refractivity contribution is 0.625. The summed E-state index contributed by atoms with van der Waals surface area (Å²) in [5.74, 6) is -0.437. The second-order valence-electron chi connectivity index (χ2n) is 4.16. The van der Waals surface area contributed by atoms with Crippen LogP contribution in [0.4, 0.5) is 4.39 Å². The number of rotatable bonds is 4. The van der Waals surface area contributed by atoms with Crippen LogP contribution in [0.3, 0.4) is 0 Å². The average Bonchev–Trinajstić information content (AvgIpc) is 2.72. The molecule has 2 aromatic rings. The van der Waals surface area contributed by atoms with E-state index in [0.29, 0.717) is 12.2 Å². The van der Waals surface area contributed by atoms with Crippen molar-refractivity contribution in [2.24, 2.45) is 5.73 Å². The summed E-state index contributed by atoms with van der Waals surface area (Å²) in [5, 5.41) is 4.39. The van der Waals surface area contributed by atoms with E-state index in [0.717, 1.165) is 24.1 Å². The molecular formula is C13H15ClFN3. The fourth-order valence-corrected chi connectivity index (χ4v) is 1.98. The molecular weight excluding hydrogens is 253 g/mol. The smallest absolute Gasteiger partial charge is 0.143 e. The summed E-state index contributed by atoms with van der Waals surface area (Å²) in [4.78, 5) is 0. The monoisotopic (exact) mass is 267 g/mol. The molecule has 0 saturated heterocycles. The molecule has 3 nitrogen and oxygen atoms in total. The van der Waals surface area contributed by atoms with Crippen molar-refractivity contribution >= 4 is 11.6 Å². The molecule has 0 spiro atoms. The summed E-state index contributed by atoms with van der Waals surface area (Å²) in [6, 6.07) is 4.67. The van der Waals surface area contributed by atoms with Gasteiger partial charge in [-0.3, -0.25) is 0 Å². The molecule has 2 rings (SSSR count). The lowest BCUT2D eigenvalue weighted by atomic mass is 10.1. The molecule has 0 unspecified atom stereocenters. The number of nitrogens with zero attached hydrogens (tertiary/aromatic N) is 2. The minimum absolute atomic E-state index is 0.118. The number of hydrogen-bond donors (Lipinski definition) is 1. The lowest BCUT2D eigenvalue weighted by Gasteiger charge is -2.06. The Morgan fingerprint density at radius 1 is 1.44 bits per heavy atom. The summed E-state index contributed by atoms with van der Waals surface area (Å²) >= 11 is 5.66. The molecule has 2 N–H and O–H groups in total. The van der Waals surface area contributed by atoms with Crippen LogP contribution in [0.15, 0.2) is 24.4 Å². The molecule has 96 valence electrons. The van der Waals surface area contributed by atoms with E-state index in [1.54, 1.807) is 16.9 Å². The molecule has 0 atom stereocenters. The third-order valence-corrected chi connectivity index (χ3v) is 3.22. The van der Waals surface area contributed by atoms with Crippen LogP contribution in [0, 0.1) is 12.7 Å². The maximum Gasteiger partial charge on any atom is 0.143 e. The molecule has 1 heterocycles. The standard InChI is InChI=1S/C13H15ClFN3/c1-9-10(3-2-6-16)8-17-18(9)11-4-5-12(14)13(15)7-11/h4-5,7-8H,2-3,6,16H2,1H3. The molecule has 1 aromatic heterocycles. The van der Waals surface area contributed by atoms with E-state index < -0.39 is 5.82 Å². The predicted molar refractivity (Wildman–Crippen MR) is 70.6 cm³/mol. The van der Waals surface area contributed by atoms with Gasteiger partial charge in [-0.05, 0) is 44.0 Å². The first kappa shape index (κ1) is 13.1. The minimum atomic E-state index is -0.437. The van der Waals surface area contributed by atoms with Gasteiger partial charge in [0.05, 0.1) is 16.9 Å². The Morgan fingerprint density at radius 3 is 2.89 bits per heavy atom. The third kappa shape index (κ3) is 2.54. The fraction of sp³-hybridized carbons (Fsp3) is 0.308. The molecule has 0 bridgehead atoms. The molecule has 5 heteroatoms. The SMILES string of the molecule is Cc1c(CCCN)cnn1-c1ccc(Cl)c(F)c1. The second kappa shape index (κ2) is 5.50. The predicted octanol–water partition coefficient (Wildman–Crippen LogP) is 2.86. The molecule has 0 radical (unpaired) electrons. The van der Waals surface area contributed by atoms with Crippen molar-refractivity contribution in [2.45, 2.75) is 19.8 Å². The van der Waals surface area contributed by atoms with Crippen LogP contribution >= 0.6 is 11.6 Å². The van der Waals surface area contributed by atoms with Crippen LogP contribution in [0.25, 0.3) is 5.69 Å². The molecule has 0 aliphatic rings. The van der Waals surface area contributed by atoms with Gasteiger partial charge < -0.3 is 5.73 Å². The minimum Gasteiger partial charge on any atom is -0.330 e. The average molecular weight is 268 g/mol. The third-order valence-electron chi connectivity index (χ3n) is 2.91. The van der Waals surface area contributed by atoms with Gasteiger partial charge in [0, 0.05) is 11.8 Å². The summed E-state index contributed by atoms with van der Waals surface area (Å²) in [6.45, 7) is 2.62. The highest BCUT2D eigenvalue weighted by Crippen LogP contribution is 2.20. The Hall–Kier alpha value is -1.39. The van der Waals surface area contributed by atoms with Crippen molar-refractivity contribution in [3.05, 3.63) is 46.5 Å². The van der Waals surface area contributed by atoms with Crippen molar-refractivity contribution in [1.29, 1.82) is 0 Å². The van der Waals surface area contributed by atoms with Crippen LogP contribution < -0.4 is 5.73 Å². The zero-order valence-electron chi connectivity index (χ0n) is 10.2. The normalized spacial score (nSPS) is 10.9. The van der Waals surface area contributed by atoms with E-state index in [1.807, 2.05) is 6.92 Å². The molecule has 0 aliphatic carbocycles. The van der Waals surface area contributed by atoms with Gasteiger partial charge >= 0.3 is 0 Å². The van der Waals surface area contributed by atoms with Crippen LogP contribution in [0.5, 0.6) is 0 Å². The van der Waals surface area contributed by atoms with E-state index in [4.69, 9.17) is 17.3 Å².